The molecule has 4 aromatic rings. The van der Waals surface area contributed by atoms with E-state index in [0.717, 1.165) is 90.8 Å². The fourth-order valence-electron chi connectivity index (χ4n) is 13.0. The number of hydrogen-bond donors (Lipinski definition) is 1. The molecule has 8 aliphatic rings. The molecule has 8 aliphatic carbocycles. The third-order valence-corrected chi connectivity index (χ3v) is 17.2. The topological polar surface area (TPSA) is 50.2 Å². The summed E-state index contributed by atoms with van der Waals surface area (Å²) in [6.45, 7) is 13.9. The molecule has 0 atom stereocenters. The third kappa shape index (κ3) is 7.59. The smallest absolute Gasteiger partial charge is 0.165 e. The van der Waals surface area contributed by atoms with Crippen LogP contribution >= 0.6 is 0 Å². The predicted molar refractivity (Wildman–Crippen MR) is 230 cm³/mol. The first-order valence-electron chi connectivity index (χ1n) is 21.6. The van der Waals surface area contributed by atoms with Crippen molar-refractivity contribution in [1.29, 1.82) is 0 Å². The van der Waals surface area contributed by atoms with Gasteiger partial charge in [-0.3, -0.25) is 9.78 Å². The van der Waals surface area contributed by atoms with Gasteiger partial charge in [-0.15, -0.1) is 35.4 Å². The van der Waals surface area contributed by atoms with Gasteiger partial charge in [-0.25, -0.2) is 0 Å². The molecule has 0 aliphatic heterocycles. The van der Waals surface area contributed by atoms with Gasteiger partial charge in [-0.2, -0.15) is 0 Å². The summed E-state index contributed by atoms with van der Waals surface area (Å²) in [7, 11) is -1.41. The van der Waals surface area contributed by atoms with Crippen LogP contribution in [0.3, 0.4) is 0 Å². The Kier molecular flexibility index (Phi) is 10.5. The largest absolute Gasteiger partial charge is 0.512 e. The zero-order chi connectivity index (χ0) is 38.3. The first-order valence-corrected chi connectivity index (χ1v) is 25.1. The van der Waals surface area contributed by atoms with Crippen LogP contribution in [0.15, 0.2) is 84.6 Å². The first kappa shape index (κ1) is 39.9. The van der Waals surface area contributed by atoms with Gasteiger partial charge in [0, 0.05) is 42.4 Å². The average molecular weight is 941 g/mol. The normalized spacial score (nSPS) is 31.5. The van der Waals surface area contributed by atoms with Crippen LogP contribution in [0.4, 0.5) is 0 Å². The zero-order valence-electron chi connectivity index (χ0n) is 34.6. The zero-order valence-corrected chi connectivity index (χ0v) is 38.0. The van der Waals surface area contributed by atoms with Crippen molar-refractivity contribution in [3.05, 3.63) is 96.3 Å². The Morgan fingerprint density at radius 2 is 1.29 bits per heavy atom. The van der Waals surface area contributed by atoms with Gasteiger partial charge in [0.2, 0.25) is 0 Å². The standard InChI is InChI=1S/C28H30NSi.C23H32O2.Ir/c1-28(2,3)22-14-10-13-21(17-22)27-19-24(20-11-8-7-9-12-20)25-18-23(30(4,5)6)15-16-26(25)29-27;24-20(22-8-14-1-15(9-22)3-16(2-14)10-22)7-21(25)23-11-17-4-18(12-23)6-19(5-17)13-23;/h7-12,14-19H,1-6H3;7,14-19,24H,1-6,8-13H2;/q-1;;/b;20-7-;. The second-order valence-corrected chi connectivity index (χ2v) is 26.5. The molecule has 5 heteroatoms. The first-order chi connectivity index (χ1) is 26.1. The fraction of sp³-hybridized carbons (Fsp3) is 0.529. The van der Waals surface area contributed by atoms with Crippen molar-refractivity contribution in [2.75, 3.05) is 0 Å². The van der Waals surface area contributed by atoms with E-state index in [0.29, 0.717) is 11.5 Å². The Hall–Kier alpha value is -2.85. The molecule has 1 radical (unpaired) electrons. The molecular formula is C51H62IrNO2Si-. The molecule has 56 heavy (non-hydrogen) atoms. The van der Waals surface area contributed by atoms with Crippen LogP contribution in [-0.4, -0.2) is 23.9 Å². The molecule has 3 aromatic carbocycles. The Labute approximate surface area is 350 Å². The molecule has 8 saturated carbocycles. The average Bonchev–Trinajstić information content (AvgIpc) is 3.13. The van der Waals surface area contributed by atoms with Gasteiger partial charge in [0.05, 0.1) is 13.6 Å². The van der Waals surface area contributed by atoms with E-state index in [2.05, 4.69) is 113 Å². The molecule has 3 nitrogen and oxygen atoms in total. The van der Waals surface area contributed by atoms with E-state index in [1.807, 2.05) is 6.07 Å². The van der Waals surface area contributed by atoms with Crippen LogP contribution < -0.4 is 5.19 Å². The summed E-state index contributed by atoms with van der Waals surface area (Å²) in [6.07, 6.45) is 16.8. The summed E-state index contributed by atoms with van der Waals surface area (Å²) in [6, 6.07) is 29.6. The number of benzene rings is 3. The number of carbonyl (C=O) groups is 1. The Balaban J connectivity index is 0.000000157. The van der Waals surface area contributed by atoms with Gasteiger partial charge in [0.25, 0.3) is 0 Å². The van der Waals surface area contributed by atoms with Gasteiger partial charge < -0.3 is 5.11 Å². The molecule has 1 aromatic heterocycles. The molecular weight excluding hydrogens is 879 g/mol. The molecule has 12 rings (SSSR count). The molecule has 1 heterocycles. The summed E-state index contributed by atoms with van der Waals surface area (Å²) in [5, 5.41) is 13.8. The molecule has 8 fully saturated rings. The molecule has 297 valence electrons. The molecule has 0 spiro atoms. The fourth-order valence-corrected chi connectivity index (χ4v) is 14.2. The Bertz CT molecular complexity index is 2070. The van der Waals surface area contributed by atoms with E-state index in [1.54, 1.807) is 6.08 Å². The van der Waals surface area contributed by atoms with E-state index < -0.39 is 8.07 Å². The van der Waals surface area contributed by atoms with Crippen LogP contribution in [0, 0.1) is 52.4 Å². The number of rotatable bonds is 6. The maximum atomic E-state index is 13.4. The number of nitrogens with zero attached hydrogens (tertiary/aromatic N) is 1. The van der Waals surface area contributed by atoms with E-state index >= 15 is 0 Å². The maximum Gasteiger partial charge on any atom is 0.165 e. The summed E-state index contributed by atoms with van der Waals surface area (Å²) in [5.74, 6) is 5.64. The maximum absolute atomic E-state index is 13.4. The molecule has 8 bridgehead atoms. The summed E-state index contributed by atoms with van der Waals surface area (Å²) in [5.41, 5.74) is 6.82. The van der Waals surface area contributed by atoms with Crippen molar-refractivity contribution < 1.29 is 30.0 Å². The monoisotopic (exact) mass is 941 g/mol. The van der Waals surface area contributed by atoms with Gasteiger partial charge in [0.15, 0.2) is 5.78 Å². The summed E-state index contributed by atoms with van der Waals surface area (Å²) in [4.78, 5) is 18.4. The minimum absolute atomic E-state index is 0. The summed E-state index contributed by atoms with van der Waals surface area (Å²) >= 11 is 0. The number of aliphatic hydroxyl groups excluding tert-OH is 1. The van der Waals surface area contributed by atoms with Gasteiger partial charge in [-0.05, 0) is 141 Å². The van der Waals surface area contributed by atoms with Crippen molar-refractivity contribution >= 4 is 29.9 Å². The van der Waals surface area contributed by atoms with Gasteiger partial charge >= 0.3 is 0 Å². The van der Waals surface area contributed by atoms with E-state index in [1.165, 1.54) is 65.8 Å². The molecule has 0 saturated heterocycles. The predicted octanol–water partition coefficient (Wildman–Crippen LogP) is 12.6. The molecule has 1 N–H and O–H groups in total. The second kappa shape index (κ2) is 14.8. The third-order valence-electron chi connectivity index (χ3n) is 15.1. The number of fused-ring (bicyclic) bond motifs is 1. The van der Waals surface area contributed by atoms with Crippen molar-refractivity contribution in [2.45, 2.75) is 123 Å². The number of aliphatic hydroxyl groups is 1. The number of aromatic nitrogens is 1. The van der Waals surface area contributed by atoms with Crippen molar-refractivity contribution in [3.8, 4) is 22.4 Å². The SMILES string of the molecule is CC(C)(C)c1cc[c-]c(-c2cc(-c3ccccc3)c3cc([Si](C)(C)C)ccc3n2)c1.O=C(/C=C(\O)C12CC3CC(CC(C3)C1)C2)C12CC3CC(CC(C3)C1)C2.[Ir]. The quantitative estimate of drug-likeness (QED) is 0.0907. The van der Waals surface area contributed by atoms with E-state index in [9.17, 15) is 9.90 Å². The van der Waals surface area contributed by atoms with Crippen molar-refractivity contribution in [1.82, 2.24) is 4.98 Å². The minimum atomic E-state index is -1.41. The van der Waals surface area contributed by atoms with Crippen LogP contribution in [0.25, 0.3) is 33.3 Å². The summed E-state index contributed by atoms with van der Waals surface area (Å²) < 4.78 is 0. The number of ketones is 1. The van der Waals surface area contributed by atoms with Crippen LogP contribution in [0.1, 0.15) is 103 Å². The van der Waals surface area contributed by atoms with Crippen LogP contribution in [0.5, 0.6) is 0 Å². The minimum Gasteiger partial charge on any atom is -0.512 e. The van der Waals surface area contributed by atoms with Gasteiger partial charge in [-0.1, -0.05) is 94.1 Å². The second-order valence-electron chi connectivity index (χ2n) is 21.4. The van der Waals surface area contributed by atoms with Crippen LogP contribution in [0.2, 0.25) is 19.6 Å². The molecule has 0 amide bonds. The number of allylic oxidation sites excluding steroid dienone is 2. The van der Waals surface area contributed by atoms with Crippen molar-refractivity contribution in [2.24, 2.45) is 46.3 Å². The van der Waals surface area contributed by atoms with Crippen molar-refractivity contribution in [3.63, 3.8) is 0 Å². The Morgan fingerprint density at radius 3 is 1.80 bits per heavy atom. The molecule has 0 unspecified atom stereocenters. The van der Waals surface area contributed by atoms with Gasteiger partial charge in [0.1, 0.15) is 5.76 Å². The number of hydrogen-bond acceptors (Lipinski definition) is 3. The number of carbonyl (C=O) groups excluding carboxylic acids is 1. The number of pyridine rings is 1. The Morgan fingerprint density at radius 1 is 0.750 bits per heavy atom. The van der Waals surface area contributed by atoms with E-state index in [4.69, 9.17) is 4.98 Å². The van der Waals surface area contributed by atoms with E-state index in [-0.39, 0.29) is 36.4 Å². The van der Waals surface area contributed by atoms with Crippen LogP contribution in [-0.2, 0) is 30.3 Å².